The SMILES string of the molecule is CCn1c(C2CCN(C(=O)Nc3cccc4ccccc34)CC2)nn(CCOC)c1=O. The summed E-state index contributed by atoms with van der Waals surface area (Å²) in [5.74, 6) is 0.982. The summed E-state index contributed by atoms with van der Waals surface area (Å²) in [5, 5.41) is 9.78. The van der Waals surface area contributed by atoms with E-state index in [1.165, 1.54) is 4.68 Å². The van der Waals surface area contributed by atoms with Crippen LogP contribution in [0.25, 0.3) is 10.8 Å². The Morgan fingerprint density at radius 3 is 2.65 bits per heavy atom. The molecular formula is C23H29N5O3. The second kappa shape index (κ2) is 9.34. The van der Waals surface area contributed by atoms with E-state index in [0.717, 1.165) is 35.1 Å². The summed E-state index contributed by atoms with van der Waals surface area (Å²) in [6.07, 6.45) is 1.56. The summed E-state index contributed by atoms with van der Waals surface area (Å²) in [7, 11) is 1.61. The van der Waals surface area contributed by atoms with Crippen LogP contribution in [0.1, 0.15) is 31.5 Å². The molecule has 1 aliphatic heterocycles. The number of hydrogen-bond acceptors (Lipinski definition) is 4. The quantitative estimate of drug-likeness (QED) is 0.660. The van der Waals surface area contributed by atoms with Crippen molar-refractivity contribution in [3.05, 3.63) is 58.8 Å². The summed E-state index contributed by atoms with van der Waals surface area (Å²) >= 11 is 0. The summed E-state index contributed by atoms with van der Waals surface area (Å²) in [5.41, 5.74) is 0.729. The van der Waals surface area contributed by atoms with Crippen LogP contribution in [-0.4, -0.2) is 52.1 Å². The number of carbonyl (C=O) groups is 1. The third-order valence-electron chi connectivity index (χ3n) is 5.95. The van der Waals surface area contributed by atoms with Gasteiger partial charge in [0, 0.05) is 38.0 Å². The van der Waals surface area contributed by atoms with E-state index in [9.17, 15) is 9.59 Å². The van der Waals surface area contributed by atoms with Crippen LogP contribution in [0, 0.1) is 0 Å². The lowest BCUT2D eigenvalue weighted by Gasteiger charge is -2.31. The van der Waals surface area contributed by atoms with Crippen LogP contribution < -0.4 is 11.0 Å². The van der Waals surface area contributed by atoms with Crippen molar-refractivity contribution in [3.8, 4) is 0 Å². The fourth-order valence-electron chi connectivity index (χ4n) is 4.25. The lowest BCUT2D eigenvalue weighted by atomic mass is 9.96. The molecule has 8 heteroatoms. The van der Waals surface area contributed by atoms with Crippen molar-refractivity contribution in [1.82, 2.24) is 19.2 Å². The topological polar surface area (TPSA) is 81.4 Å². The number of nitrogens with zero attached hydrogens (tertiary/aromatic N) is 4. The minimum atomic E-state index is -0.0920. The van der Waals surface area contributed by atoms with Crippen molar-refractivity contribution in [3.63, 3.8) is 0 Å². The van der Waals surface area contributed by atoms with Gasteiger partial charge in [0.25, 0.3) is 0 Å². The summed E-state index contributed by atoms with van der Waals surface area (Å²) in [6.45, 7) is 4.70. The van der Waals surface area contributed by atoms with Crippen LogP contribution in [0.4, 0.5) is 10.5 Å². The van der Waals surface area contributed by atoms with Crippen LogP contribution in [0.3, 0.4) is 0 Å². The van der Waals surface area contributed by atoms with Gasteiger partial charge >= 0.3 is 11.7 Å². The summed E-state index contributed by atoms with van der Waals surface area (Å²) < 4.78 is 8.32. The molecular weight excluding hydrogens is 394 g/mol. The van der Waals surface area contributed by atoms with Gasteiger partial charge in [0.05, 0.1) is 18.8 Å². The first-order chi connectivity index (χ1) is 15.1. The average molecular weight is 424 g/mol. The number of amides is 2. The third-order valence-corrected chi connectivity index (χ3v) is 5.95. The zero-order valence-electron chi connectivity index (χ0n) is 18.1. The molecule has 0 unspecified atom stereocenters. The Morgan fingerprint density at radius 2 is 1.90 bits per heavy atom. The molecule has 1 saturated heterocycles. The Balaban J connectivity index is 1.43. The minimum Gasteiger partial charge on any atom is -0.383 e. The molecule has 0 spiro atoms. The summed E-state index contributed by atoms with van der Waals surface area (Å²) in [4.78, 5) is 27.3. The van der Waals surface area contributed by atoms with Gasteiger partial charge in [-0.3, -0.25) is 4.57 Å². The highest BCUT2D eigenvalue weighted by Gasteiger charge is 2.28. The second-order valence-electron chi connectivity index (χ2n) is 7.82. The van der Waals surface area contributed by atoms with Gasteiger partial charge in [0.15, 0.2) is 0 Å². The first-order valence-electron chi connectivity index (χ1n) is 10.8. The largest absolute Gasteiger partial charge is 0.383 e. The van der Waals surface area contributed by atoms with Gasteiger partial charge in [-0.25, -0.2) is 14.3 Å². The van der Waals surface area contributed by atoms with Crippen LogP contribution in [0.15, 0.2) is 47.3 Å². The van der Waals surface area contributed by atoms with E-state index in [4.69, 9.17) is 4.74 Å². The van der Waals surface area contributed by atoms with Gasteiger partial charge in [-0.05, 0) is 31.2 Å². The van der Waals surface area contributed by atoms with Crippen LogP contribution in [0.2, 0.25) is 0 Å². The lowest BCUT2D eigenvalue weighted by molar-refractivity contribution is 0.181. The first kappa shape index (κ1) is 21.1. The van der Waals surface area contributed by atoms with E-state index in [0.29, 0.717) is 32.8 Å². The van der Waals surface area contributed by atoms with Gasteiger partial charge in [0.1, 0.15) is 5.82 Å². The number of urea groups is 1. The number of rotatable bonds is 6. The molecule has 4 rings (SSSR count). The van der Waals surface area contributed by atoms with Crippen LogP contribution in [0.5, 0.6) is 0 Å². The van der Waals surface area contributed by atoms with Crippen LogP contribution in [-0.2, 0) is 17.8 Å². The number of carbonyl (C=O) groups excluding carboxylic acids is 1. The van der Waals surface area contributed by atoms with E-state index < -0.39 is 0 Å². The highest BCUT2D eigenvalue weighted by atomic mass is 16.5. The third kappa shape index (κ3) is 4.34. The molecule has 3 aromatic rings. The maximum atomic E-state index is 12.9. The molecule has 1 N–H and O–H groups in total. The maximum Gasteiger partial charge on any atom is 0.345 e. The van der Waals surface area contributed by atoms with Crippen molar-refractivity contribution < 1.29 is 9.53 Å². The van der Waals surface area contributed by atoms with Gasteiger partial charge in [-0.15, -0.1) is 0 Å². The zero-order valence-corrected chi connectivity index (χ0v) is 18.1. The second-order valence-corrected chi connectivity index (χ2v) is 7.82. The molecule has 0 bridgehead atoms. The van der Waals surface area contributed by atoms with Crippen molar-refractivity contribution >= 4 is 22.5 Å². The highest BCUT2D eigenvalue weighted by Crippen LogP contribution is 2.28. The Bertz CT molecular complexity index is 1110. The van der Waals surface area contributed by atoms with E-state index >= 15 is 0 Å². The molecule has 2 amide bonds. The van der Waals surface area contributed by atoms with Crippen molar-refractivity contribution in [2.75, 3.05) is 32.1 Å². The number of methoxy groups -OCH3 is 1. The standard InChI is InChI=1S/C23H29N5O3/c1-3-27-21(25-28(23(27)30)15-16-31-2)18-11-13-26(14-12-18)22(29)24-20-10-6-8-17-7-4-5-9-19(17)20/h4-10,18H,3,11-16H2,1-2H3,(H,24,29). The Kier molecular flexibility index (Phi) is 6.36. The predicted molar refractivity (Wildman–Crippen MR) is 121 cm³/mol. The normalized spacial score (nSPS) is 14.8. The molecule has 1 aliphatic rings. The van der Waals surface area contributed by atoms with E-state index in [1.54, 1.807) is 11.7 Å². The molecule has 0 aliphatic carbocycles. The molecule has 1 fully saturated rings. The number of likely N-dealkylation sites (tertiary alicyclic amines) is 1. The number of fused-ring (bicyclic) bond motifs is 1. The Hall–Kier alpha value is -3.13. The zero-order chi connectivity index (χ0) is 21.8. The van der Waals surface area contributed by atoms with E-state index in [-0.39, 0.29) is 17.6 Å². The fraction of sp³-hybridized carbons (Fsp3) is 0.435. The number of piperidine rings is 1. The molecule has 0 radical (unpaired) electrons. The monoisotopic (exact) mass is 423 g/mol. The van der Waals surface area contributed by atoms with Gasteiger partial charge in [-0.1, -0.05) is 36.4 Å². The van der Waals surface area contributed by atoms with Crippen molar-refractivity contribution in [2.24, 2.45) is 0 Å². The predicted octanol–water partition coefficient (Wildman–Crippen LogP) is 3.28. The lowest BCUT2D eigenvalue weighted by Crippen LogP contribution is -2.41. The minimum absolute atomic E-state index is 0.0895. The average Bonchev–Trinajstić information content (AvgIpc) is 3.13. The number of aromatic nitrogens is 3. The van der Waals surface area contributed by atoms with Crippen molar-refractivity contribution in [2.45, 2.75) is 38.8 Å². The number of hydrogen-bond donors (Lipinski definition) is 1. The number of ether oxygens (including phenoxy) is 1. The molecule has 0 saturated carbocycles. The smallest absolute Gasteiger partial charge is 0.345 e. The Labute approximate surface area is 181 Å². The molecule has 0 atom stereocenters. The Morgan fingerprint density at radius 1 is 1.16 bits per heavy atom. The summed E-state index contributed by atoms with van der Waals surface area (Å²) in [6, 6.07) is 13.8. The van der Waals surface area contributed by atoms with Gasteiger partial charge < -0.3 is 15.0 Å². The number of benzene rings is 2. The molecule has 31 heavy (non-hydrogen) atoms. The highest BCUT2D eigenvalue weighted by molar-refractivity contribution is 6.01. The van der Waals surface area contributed by atoms with Gasteiger partial charge in [-0.2, -0.15) is 5.10 Å². The number of anilines is 1. The molecule has 1 aromatic heterocycles. The van der Waals surface area contributed by atoms with E-state index in [2.05, 4.69) is 10.4 Å². The molecule has 8 nitrogen and oxygen atoms in total. The van der Waals surface area contributed by atoms with Gasteiger partial charge in [0.2, 0.25) is 0 Å². The fourth-order valence-corrected chi connectivity index (χ4v) is 4.25. The molecule has 2 heterocycles. The number of nitrogens with one attached hydrogen (secondary N) is 1. The van der Waals surface area contributed by atoms with Crippen LogP contribution >= 0.6 is 0 Å². The molecule has 164 valence electrons. The van der Waals surface area contributed by atoms with E-state index in [1.807, 2.05) is 54.3 Å². The first-order valence-corrected chi connectivity index (χ1v) is 10.8. The maximum absolute atomic E-state index is 12.9. The van der Waals surface area contributed by atoms with Crippen molar-refractivity contribution in [1.29, 1.82) is 0 Å². The molecule has 2 aromatic carbocycles.